The maximum atomic E-state index is 5.59. The zero-order valence-electron chi connectivity index (χ0n) is 6.79. The summed E-state index contributed by atoms with van der Waals surface area (Å²) in [5.74, 6) is 0. The van der Waals surface area contributed by atoms with E-state index in [1.807, 2.05) is 6.92 Å². The van der Waals surface area contributed by atoms with Crippen LogP contribution in [0.2, 0.25) is 0 Å². The minimum absolute atomic E-state index is 0.0494. The standard InChI is InChI=1S/C8H14O3/c1-6-9-4-2-7-8(11-6)3-5-10-7/h6-8H,2-5H2,1H3/t6?,7-,8-/m1/s1. The van der Waals surface area contributed by atoms with Crippen molar-refractivity contribution in [2.24, 2.45) is 0 Å². The Bertz CT molecular complexity index is 137. The van der Waals surface area contributed by atoms with E-state index in [1.54, 1.807) is 0 Å². The van der Waals surface area contributed by atoms with Gasteiger partial charge in [0.1, 0.15) is 0 Å². The van der Waals surface area contributed by atoms with Crippen LogP contribution < -0.4 is 0 Å². The Morgan fingerprint density at radius 1 is 1.00 bits per heavy atom. The van der Waals surface area contributed by atoms with E-state index in [1.165, 1.54) is 0 Å². The van der Waals surface area contributed by atoms with E-state index in [4.69, 9.17) is 14.2 Å². The van der Waals surface area contributed by atoms with Gasteiger partial charge in [0.15, 0.2) is 6.29 Å². The van der Waals surface area contributed by atoms with Crippen molar-refractivity contribution in [3.63, 3.8) is 0 Å². The van der Waals surface area contributed by atoms with Gasteiger partial charge < -0.3 is 14.2 Å². The summed E-state index contributed by atoms with van der Waals surface area (Å²) in [6, 6.07) is 0. The maximum absolute atomic E-state index is 5.59. The van der Waals surface area contributed by atoms with Crippen molar-refractivity contribution in [1.82, 2.24) is 0 Å². The molecule has 3 atom stereocenters. The van der Waals surface area contributed by atoms with E-state index < -0.39 is 0 Å². The summed E-state index contributed by atoms with van der Waals surface area (Å²) in [7, 11) is 0. The minimum Gasteiger partial charge on any atom is -0.375 e. The highest BCUT2D eigenvalue weighted by molar-refractivity contribution is 4.78. The Hall–Kier alpha value is -0.120. The second kappa shape index (κ2) is 3.09. The van der Waals surface area contributed by atoms with Crippen molar-refractivity contribution in [3.05, 3.63) is 0 Å². The van der Waals surface area contributed by atoms with Gasteiger partial charge in [0.2, 0.25) is 0 Å². The first-order chi connectivity index (χ1) is 5.36. The third kappa shape index (κ3) is 1.55. The second-order valence-electron chi connectivity index (χ2n) is 3.10. The first-order valence-corrected chi connectivity index (χ1v) is 4.25. The highest BCUT2D eigenvalue weighted by atomic mass is 16.7. The summed E-state index contributed by atoms with van der Waals surface area (Å²) in [5.41, 5.74) is 0. The van der Waals surface area contributed by atoms with Gasteiger partial charge in [-0.15, -0.1) is 0 Å². The highest BCUT2D eigenvalue weighted by Gasteiger charge is 2.32. The molecule has 0 saturated carbocycles. The Balaban J connectivity index is 1.98. The predicted molar refractivity (Wildman–Crippen MR) is 39.3 cm³/mol. The van der Waals surface area contributed by atoms with E-state index in [2.05, 4.69) is 0 Å². The summed E-state index contributed by atoms with van der Waals surface area (Å²) < 4.78 is 16.4. The van der Waals surface area contributed by atoms with Crippen molar-refractivity contribution in [1.29, 1.82) is 0 Å². The Kier molecular flexibility index (Phi) is 2.11. The van der Waals surface area contributed by atoms with Crippen molar-refractivity contribution in [2.45, 2.75) is 38.3 Å². The molecule has 0 amide bonds. The predicted octanol–water partition coefficient (Wildman–Crippen LogP) is 0.927. The Morgan fingerprint density at radius 2 is 1.73 bits per heavy atom. The first kappa shape index (κ1) is 7.53. The van der Waals surface area contributed by atoms with Gasteiger partial charge in [-0.25, -0.2) is 0 Å². The van der Waals surface area contributed by atoms with Gasteiger partial charge in [-0.05, 0) is 19.8 Å². The fraction of sp³-hybridized carbons (Fsp3) is 1.00. The molecule has 2 heterocycles. The molecule has 0 radical (unpaired) electrons. The lowest BCUT2D eigenvalue weighted by atomic mass is 10.1. The van der Waals surface area contributed by atoms with Crippen LogP contribution in [-0.4, -0.2) is 31.7 Å². The topological polar surface area (TPSA) is 27.7 Å². The largest absolute Gasteiger partial charge is 0.375 e. The van der Waals surface area contributed by atoms with Gasteiger partial charge in [-0.3, -0.25) is 0 Å². The minimum atomic E-state index is -0.0494. The highest BCUT2D eigenvalue weighted by Crippen LogP contribution is 2.24. The molecule has 2 saturated heterocycles. The monoisotopic (exact) mass is 158 g/mol. The number of ether oxygens (including phenoxy) is 3. The summed E-state index contributed by atoms with van der Waals surface area (Å²) in [5, 5.41) is 0. The van der Waals surface area contributed by atoms with Crippen molar-refractivity contribution < 1.29 is 14.2 Å². The first-order valence-electron chi connectivity index (χ1n) is 4.25. The average molecular weight is 158 g/mol. The molecule has 2 aliphatic rings. The molecule has 2 aliphatic heterocycles. The van der Waals surface area contributed by atoms with Crippen LogP contribution in [0.4, 0.5) is 0 Å². The normalized spacial score (nSPS) is 45.0. The van der Waals surface area contributed by atoms with Crippen LogP contribution >= 0.6 is 0 Å². The van der Waals surface area contributed by atoms with Crippen LogP contribution in [0.25, 0.3) is 0 Å². The maximum Gasteiger partial charge on any atom is 0.155 e. The number of rotatable bonds is 0. The lowest BCUT2D eigenvalue weighted by molar-refractivity contribution is -0.143. The number of hydrogen-bond donors (Lipinski definition) is 0. The molecule has 0 bridgehead atoms. The third-order valence-electron chi connectivity index (χ3n) is 2.27. The molecule has 2 rings (SSSR count). The molecule has 11 heavy (non-hydrogen) atoms. The average Bonchev–Trinajstić information content (AvgIpc) is 2.31. The number of fused-ring (bicyclic) bond motifs is 1. The Labute approximate surface area is 66.6 Å². The molecule has 0 spiro atoms. The van der Waals surface area contributed by atoms with Crippen LogP contribution in [0.15, 0.2) is 0 Å². The molecule has 0 aromatic heterocycles. The van der Waals surface area contributed by atoms with Crippen LogP contribution in [0.3, 0.4) is 0 Å². The van der Waals surface area contributed by atoms with E-state index in [0.717, 1.165) is 26.1 Å². The molecule has 3 heteroatoms. The van der Waals surface area contributed by atoms with Crippen LogP contribution in [-0.2, 0) is 14.2 Å². The van der Waals surface area contributed by atoms with Gasteiger partial charge in [0.05, 0.1) is 18.8 Å². The number of hydrogen-bond acceptors (Lipinski definition) is 3. The summed E-state index contributed by atoms with van der Waals surface area (Å²) >= 11 is 0. The zero-order valence-corrected chi connectivity index (χ0v) is 6.79. The quantitative estimate of drug-likeness (QED) is 0.525. The molecule has 2 fully saturated rings. The Morgan fingerprint density at radius 3 is 2.64 bits per heavy atom. The van der Waals surface area contributed by atoms with Crippen LogP contribution in [0, 0.1) is 0 Å². The van der Waals surface area contributed by atoms with Crippen molar-refractivity contribution in [3.8, 4) is 0 Å². The lowest BCUT2D eigenvalue weighted by Crippen LogP contribution is -2.25. The van der Waals surface area contributed by atoms with Gasteiger partial charge in [0.25, 0.3) is 0 Å². The molecular formula is C8H14O3. The second-order valence-corrected chi connectivity index (χ2v) is 3.10. The fourth-order valence-electron chi connectivity index (χ4n) is 1.69. The van der Waals surface area contributed by atoms with E-state index in [9.17, 15) is 0 Å². The van der Waals surface area contributed by atoms with E-state index >= 15 is 0 Å². The SMILES string of the molecule is CC1OCC[C@H]2OCC[C@H]2O1. The molecule has 64 valence electrons. The zero-order chi connectivity index (χ0) is 7.68. The van der Waals surface area contributed by atoms with Gasteiger partial charge in [-0.1, -0.05) is 0 Å². The van der Waals surface area contributed by atoms with Crippen molar-refractivity contribution >= 4 is 0 Å². The molecule has 3 nitrogen and oxygen atoms in total. The van der Waals surface area contributed by atoms with Gasteiger partial charge in [-0.2, -0.15) is 0 Å². The van der Waals surface area contributed by atoms with Crippen LogP contribution in [0.5, 0.6) is 0 Å². The summed E-state index contributed by atoms with van der Waals surface area (Å²) in [4.78, 5) is 0. The van der Waals surface area contributed by atoms with Gasteiger partial charge in [0, 0.05) is 6.61 Å². The molecule has 0 N–H and O–H groups in total. The third-order valence-corrected chi connectivity index (χ3v) is 2.27. The fourth-order valence-corrected chi connectivity index (χ4v) is 1.69. The van der Waals surface area contributed by atoms with Crippen LogP contribution in [0.1, 0.15) is 19.8 Å². The van der Waals surface area contributed by atoms with E-state index in [0.29, 0.717) is 6.10 Å². The summed E-state index contributed by atoms with van der Waals surface area (Å²) in [6.07, 6.45) is 2.53. The smallest absolute Gasteiger partial charge is 0.155 e. The molecule has 0 aliphatic carbocycles. The van der Waals surface area contributed by atoms with E-state index in [-0.39, 0.29) is 12.4 Å². The molecule has 0 aromatic carbocycles. The molecule has 0 aromatic rings. The summed E-state index contributed by atoms with van der Waals surface area (Å²) in [6.45, 7) is 3.56. The molecular weight excluding hydrogens is 144 g/mol. The molecule has 1 unspecified atom stereocenters. The van der Waals surface area contributed by atoms with Gasteiger partial charge >= 0.3 is 0 Å². The van der Waals surface area contributed by atoms with Crippen molar-refractivity contribution in [2.75, 3.05) is 13.2 Å². The lowest BCUT2D eigenvalue weighted by Gasteiger charge is -2.16.